The first-order valence-corrected chi connectivity index (χ1v) is 9.84. The fourth-order valence-corrected chi connectivity index (χ4v) is 3.46. The number of nitro benzene ring substituents is 1. The lowest BCUT2D eigenvalue weighted by atomic mass is 10.2. The Kier molecular flexibility index (Phi) is 6.69. The Morgan fingerprint density at radius 3 is 2.66 bits per heavy atom. The van der Waals surface area contributed by atoms with E-state index in [0.29, 0.717) is 12.1 Å². The summed E-state index contributed by atoms with van der Waals surface area (Å²) in [4.78, 5) is 24.2. The van der Waals surface area contributed by atoms with Crippen LogP contribution in [0.25, 0.3) is 0 Å². The van der Waals surface area contributed by atoms with Crippen LogP contribution < -0.4 is 14.8 Å². The summed E-state index contributed by atoms with van der Waals surface area (Å²) in [6, 6.07) is 12.7. The molecule has 1 heterocycles. The number of thiophene rings is 1. The quantitative estimate of drug-likeness (QED) is 0.395. The minimum Gasteiger partial charge on any atom is -0.493 e. The van der Waals surface area contributed by atoms with E-state index in [1.165, 1.54) is 42.3 Å². The normalized spacial score (nSPS) is 10.4. The standard InChI is InChI=1S/C20H17ClN2O5S/c1-27-19-11-13(20(24)22-9-8-15-3-2-10-29-15)4-6-18(19)28-17-7-5-14(21)12-16(17)23(25)26/h2-7,10-12H,8-9H2,1H3,(H,22,24). The Morgan fingerprint density at radius 1 is 1.17 bits per heavy atom. The van der Waals surface area contributed by atoms with Gasteiger partial charge in [0.05, 0.1) is 12.0 Å². The van der Waals surface area contributed by atoms with Crippen LogP contribution in [-0.4, -0.2) is 24.5 Å². The van der Waals surface area contributed by atoms with Gasteiger partial charge in [-0.2, -0.15) is 0 Å². The van der Waals surface area contributed by atoms with E-state index < -0.39 is 4.92 Å². The molecule has 0 saturated heterocycles. The molecule has 7 nitrogen and oxygen atoms in total. The molecule has 0 radical (unpaired) electrons. The van der Waals surface area contributed by atoms with Crippen LogP contribution in [0.3, 0.4) is 0 Å². The monoisotopic (exact) mass is 432 g/mol. The Bertz CT molecular complexity index is 1020. The van der Waals surface area contributed by atoms with Gasteiger partial charge in [-0.1, -0.05) is 17.7 Å². The number of nitrogens with zero attached hydrogens (tertiary/aromatic N) is 1. The van der Waals surface area contributed by atoms with Crippen LogP contribution in [0.1, 0.15) is 15.2 Å². The third-order valence-electron chi connectivity index (χ3n) is 4.00. The Labute approximate surface area is 176 Å². The lowest BCUT2D eigenvalue weighted by Crippen LogP contribution is -2.25. The number of nitro groups is 1. The molecule has 0 atom stereocenters. The molecule has 9 heteroatoms. The molecule has 0 unspecified atom stereocenters. The highest BCUT2D eigenvalue weighted by Crippen LogP contribution is 2.37. The van der Waals surface area contributed by atoms with Gasteiger partial charge in [0.2, 0.25) is 5.75 Å². The van der Waals surface area contributed by atoms with E-state index in [-0.39, 0.29) is 33.9 Å². The maximum absolute atomic E-state index is 12.4. The number of benzene rings is 2. The van der Waals surface area contributed by atoms with E-state index in [1.807, 2.05) is 17.5 Å². The van der Waals surface area contributed by atoms with Gasteiger partial charge in [0.1, 0.15) is 0 Å². The fraction of sp³-hybridized carbons (Fsp3) is 0.150. The van der Waals surface area contributed by atoms with Crippen LogP contribution >= 0.6 is 22.9 Å². The van der Waals surface area contributed by atoms with Crippen molar-refractivity contribution < 1.29 is 19.2 Å². The van der Waals surface area contributed by atoms with Crippen LogP contribution in [0, 0.1) is 10.1 Å². The van der Waals surface area contributed by atoms with Gasteiger partial charge in [0.15, 0.2) is 11.5 Å². The lowest BCUT2D eigenvalue weighted by Gasteiger charge is -2.12. The summed E-state index contributed by atoms with van der Waals surface area (Å²) < 4.78 is 11.0. The van der Waals surface area contributed by atoms with Crippen LogP contribution in [0.5, 0.6) is 17.2 Å². The van der Waals surface area contributed by atoms with Crippen molar-refractivity contribution in [3.05, 3.63) is 79.5 Å². The zero-order valence-electron chi connectivity index (χ0n) is 15.4. The second kappa shape index (κ2) is 9.40. The number of hydrogen-bond acceptors (Lipinski definition) is 6. The van der Waals surface area contributed by atoms with E-state index in [2.05, 4.69) is 5.32 Å². The summed E-state index contributed by atoms with van der Waals surface area (Å²) >= 11 is 7.46. The molecular formula is C20H17ClN2O5S. The first-order valence-electron chi connectivity index (χ1n) is 8.58. The first kappa shape index (κ1) is 20.6. The minimum atomic E-state index is -0.580. The number of carbonyl (C=O) groups is 1. The van der Waals surface area contributed by atoms with Crippen LogP contribution in [0.15, 0.2) is 53.9 Å². The molecular weight excluding hydrogens is 416 g/mol. The number of nitrogens with one attached hydrogen (secondary N) is 1. The Hall–Kier alpha value is -3.10. The Balaban J connectivity index is 1.73. The molecule has 2 aromatic carbocycles. The van der Waals surface area contributed by atoms with Crippen LogP contribution in [0.2, 0.25) is 5.02 Å². The van der Waals surface area contributed by atoms with E-state index in [0.717, 1.165) is 6.42 Å². The van der Waals surface area contributed by atoms with Crippen molar-refractivity contribution in [2.24, 2.45) is 0 Å². The molecule has 3 rings (SSSR count). The molecule has 1 amide bonds. The zero-order valence-corrected chi connectivity index (χ0v) is 17.0. The molecule has 29 heavy (non-hydrogen) atoms. The molecule has 0 aliphatic heterocycles. The number of amides is 1. The average Bonchev–Trinajstić information content (AvgIpc) is 3.22. The molecule has 1 aromatic heterocycles. The predicted octanol–water partition coefficient (Wildman–Crippen LogP) is 5.08. The summed E-state index contributed by atoms with van der Waals surface area (Å²) in [6.45, 7) is 0.511. The van der Waals surface area contributed by atoms with Crippen molar-refractivity contribution in [3.8, 4) is 17.2 Å². The largest absolute Gasteiger partial charge is 0.493 e. The molecule has 0 saturated carbocycles. The first-order chi connectivity index (χ1) is 14.0. The minimum absolute atomic E-state index is 0.0193. The number of carbonyl (C=O) groups excluding carboxylic acids is 1. The van der Waals surface area contributed by atoms with Crippen LogP contribution in [0.4, 0.5) is 5.69 Å². The molecule has 0 bridgehead atoms. The van der Waals surface area contributed by atoms with Crippen LogP contribution in [-0.2, 0) is 6.42 Å². The zero-order chi connectivity index (χ0) is 20.8. The smallest absolute Gasteiger partial charge is 0.313 e. The van der Waals surface area contributed by atoms with E-state index in [9.17, 15) is 14.9 Å². The second-order valence-corrected chi connectivity index (χ2v) is 7.39. The van der Waals surface area contributed by atoms with Crippen molar-refractivity contribution in [3.63, 3.8) is 0 Å². The van der Waals surface area contributed by atoms with Crippen molar-refractivity contribution in [1.82, 2.24) is 5.32 Å². The van der Waals surface area contributed by atoms with E-state index >= 15 is 0 Å². The summed E-state index contributed by atoms with van der Waals surface area (Å²) in [5.41, 5.74) is 0.126. The number of ether oxygens (including phenoxy) is 2. The average molecular weight is 433 g/mol. The summed E-state index contributed by atoms with van der Waals surface area (Å²) in [5, 5.41) is 16.3. The fourth-order valence-electron chi connectivity index (χ4n) is 2.59. The van der Waals surface area contributed by atoms with Gasteiger partial charge in [-0.25, -0.2) is 0 Å². The Morgan fingerprint density at radius 2 is 1.97 bits per heavy atom. The van der Waals surface area contributed by atoms with Crippen molar-refractivity contribution in [2.75, 3.05) is 13.7 Å². The molecule has 0 aliphatic rings. The number of methoxy groups -OCH3 is 1. The topological polar surface area (TPSA) is 90.7 Å². The maximum atomic E-state index is 12.4. The number of hydrogen-bond donors (Lipinski definition) is 1. The maximum Gasteiger partial charge on any atom is 0.313 e. The van der Waals surface area contributed by atoms with Gasteiger partial charge < -0.3 is 14.8 Å². The molecule has 1 N–H and O–H groups in total. The second-order valence-electron chi connectivity index (χ2n) is 5.92. The SMILES string of the molecule is COc1cc(C(=O)NCCc2cccs2)ccc1Oc1ccc(Cl)cc1[N+](=O)[O-]. The van der Waals surface area contributed by atoms with E-state index in [1.54, 1.807) is 17.4 Å². The number of rotatable bonds is 8. The highest BCUT2D eigenvalue weighted by Gasteiger charge is 2.19. The molecule has 0 spiro atoms. The third kappa shape index (κ3) is 5.24. The van der Waals surface area contributed by atoms with Gasteiger partial charge in [0.25, 0.3) is 5.91 Å². The molecule has 0 aliphatic carbocycles. The highest BCUT2D eigenvalue weighted by molar-refractivity contribution is 7.09. The van der Waals surface area contributed by atoms with Gasteiger partial charge >= 0.3 is 5.69 Å². The summed E-state index contributed by atoms with van der Waals surface area (Å²) in [7, 11) is 1.43. The molecule has 3 aromatic rings. The summed E-state index contributed by atoms with van der Waals surface area (Å²) in [6.07, 6.45) is 0.752. The van der Waals surface area contributed by atoms with E-state index in [4.69, 9.17) is 21.1 Å². The van der Waals surface area contributed by atoms with Crippen molar-refractivity contribution >= 4 is 34.5 Å². The number of halogens is 1. The third-order valence-corrected chi connectivity index (χ3v) is 5.17. The molecule has 0 fully saturated rings. The van der Waals surface area contributed by atoms with Crippen molar-refractivity contribution in [1.29, 1.82) is 0 Å². The summed E-state index contributed by atoms with van der Waals surface area (Å²) in [5.74, 6) is 0.294. The van der Waals surface area contributed by atoms with Gasteiger partial charge in [-0.05, 0) is 48.2 Å². The van der Waals surface area contributed by atoms with Gasteiger partial charge in [-0.15, -0.1) is 11.3 Å². The highest BCUT2D eigenvalue weighted by atomic mass is 35.5. The molecule has 150 valence electrons. The van der Waals surface area contributed by atoms with Crippen molar-refractivity contribution in [2.45, 2.75) is 6.42 Å². The lowest BCUT2D eigenvalue weighted by molar-refractivity contribution is -0.385. The van der Waals surface area contributed by atoms with Gasteiger partial charge in [-0.3, -0.25) is 14.9 Å². The van der Waals surface area contributed by atoms with Gasteiger partial charge in [0, 0.05) is 28.1 Å². The predicted molar refractivity (Wildman–Crippen MR) is 112 cm³/mol.